The molecule has 0 fully saturated rings. The smallest absolute Gasteiger partial charge is 0.340 e. The Balaban J connectivity index is 1.89. The van der Waals surface area contributed by atoms with Crippen molar-refractivity contribution in [3.8, 4) is 0 Å². The van der Waals surface area contributed by atoms with Gasteiger partial charge < -0.3 is 20.7 Å². The molecular weight excluding hydrogens is 346 g/mol. The summed E-state index contributed by atoms with van der Waals surface area (Å²) in [5, 5.41) is 8.20. The van der Waals surface area contributed by atoms with Crippen LogP contribution in [0.25, 0.3) is 0 Å². The predicted molar refractivity (Wildman–Crippen MR) is 103 cm³/mol. The van der Waals surface area contributed by atoms with Gasteiger partial charge in [0.15, 0.2) is 6.61 Å². The van der Waals surface area contributed by atoms with Gasteiger partial charge in [-0.1, -0.05) is 30.3 Å². The number of carbonyl (C=O) groups is 3. The molecule has 2 aromatic carbocycles. The number of nitrogens with one attached hydrogen (secondary N) is 3. The summed E-state index contributed by atoms with van der Waals surface area (Å²) >= 11 is 0. The van der Waals surface area contributed by atoms with Crippen LogP contribution in [-0.2, 0) is 14.3 Å². The Labute approximate surface area is 158 Å². The van der Waals surface area contributed by atoms with E-state index in [0.717, 1.165) is 5.69 Å². The average molecular weight is 369 g/mol. The van der Waals surface area contributed by atoms with E-state index >= 15 is 0 Å². The summed E-state index contributed by atoms with van der Waals surface area (Å²) in [5.74, 6) is -1.48. The molecule has 0 heterocycles. The molecule has 0 aliphatic heterocycles. The van der Waals surface area contributed by atoms with Crippen LogP contribution in [-0.4, -0.2) is 37.0 Å². The molecule has 0 aliphatic rings. The molecule has 0 aliphatic carbocycles. The SMILES string of the molecule is CC(C)NC(=O)CNC(=O)COC(=O)c1ccccc1Nc1ccccc1. The molecular formula is C20H23N3O4. The van der Waals surface area contributed by atoms with Crippen molar-refractivity contribution in [2.24, 2.45) is 0 Å². The second-order valence-electron chi connectivity index (χ2n) is 6.11. The van der Waals surface area contributed by atoms with E-state index in [0.29, 0.717) is 11.3 Å². The van der Waals surface area contributed by atoms with Gasteiger partial charge in [-0.05, 0) is 38.1 Å². The lowest BCUT2D eigenvalue weighted by molar-refractivity contribution is -0.128. The van der Waals surface area contributed by atoms with Gasteiger partial charge in [-0.2, -0.15) is 0 Å². The van der Waals surface area contributed by atoms with E-state index in [1.165, 1.54) is 0 Å². The van der Waals surface area contributed by atoms with Crippen molar-refractivity contribution in [3.63, 3.8) is 0 Å². The zero-order valence-electron chi connectivity index (χ0n) is 15.3. The van der Waals surface area contributed by atoms with Crippen molar-refractivity contribution in [1.82, 2.24) is 10.6 Å². The van der Waals surface area contributed by atoms with Gasteiger partial charge >= 0.3 is 5.97 Å². The second kappa shape index (κ2) is 9.96. The summed E-state index contributed by atoms with van der Waals surface area (Å²) in [5.41, 5.74) is 1.71. The molecule has 2 amide bonds. The lowest BCUT2D eigenvalue weighted by Crippen LogP contribution is -2.41. The molecule has 142 valence electrons. The van der Waals surface area contributed by atoms with Crippen LogP contribution in [0.1, 0.15) is 24.2 Å². The van der Waals surface area contributed by atoms with E-state index in [-0.39, 0.29) is 18.5 Å². The van der Waals surface area contributed by atoms with Crippen LogP contribution >= 0.6 is 0 Å². The number of amides is 2. The number of hydrogen-bond donors (Lipinski definition) is 3. The zero-order chi connectivity index (χ0) is 19.6. The first kappa shape index (κ1) is 20.0. The van der Waals surface area contributed by atoms with Crippen molar-refractivity contribution < 1.29 is 19.1 Å². The van der Waals surface area contributed by atoms with Gasteiger partial charge in [0, 0.05) is 11.7 Å². The molecule has 0 saturated heterocycles. The number of anilines is 2. The molecule has 3 N–H and O–H groups in total. The number of hydrogen-bond acceptors (Lipinski definition) is 5. The third-order valence-corrected chi connectivity index (χ3v) is 3.43. The molecule has 0 spiro atoms. The van der Waals surface area contributed by atoms with E-state index in [9.17, 15) is 14.4 Å². The molecule has 2 aromatic rings. The van der Waals surface area contributed by atoms with Crippen LogP contribution in [0, 0.1) is 0 Å². The van der Waals surface area contributed by atoms with Gasteiger partial charge in [0.25, 0.3) is 5.91 Å². The minimum Gasteiger partial charge on any atom is -0.452 e. The molecule has 0 saturated carbocycles. The van der Waals surface area contributed by atoms with Gasteiger partial charge in [-0.15, -0.1) is 0 Å². The molecule has 27 heavy (non-hydrogen) atoms. The van der Waals surface area contributed by atoms with Crippen LogP contribution < -0.4 is 16.0 Å². The van der Waals surface area contributed by atoms with Gasteiger partial charge in [0.2, 0.25) is 5.91 Å². The Morgan fingerprint density at radius 3 is 2.30 bits per heavy atom. The van der Waals surface area contributed by atoms with Crippen molar-refractivity contribution in [2.45, 2.75) is 19.9 Å². The Morgan fingerprint density at radius 1 is 0.926 bits per heavy atom. The zero-order valence-corrected chi connectivity index (χ0v) is 15.3. The van der Waals surface area contributed by atoms with Gasteiger partial charge in [-0.25, -0.2) is 4.79 Å². The van der Waals surface area contributed by atoms with Crippen LogP contribution in [0.15, 0.2) is 54.6 Å². The molecule has 7 nitrogen and oxygen atoms in total. The van der Waals surface area contributed by atoms with Crippen LogP contribution in [0.5, 0.6) is 0 Å². The molecule has 0 radical (unpaired) electrons. The largest absolute Gasteiger partial charge is 0.452 e. The normalized spacial score (nSPS) is 10.2. The first-order valence-electron chi connectivity index (χ1n) is 8.60. The maximum atomic E-state index is 12.3. The summed E-state index contributed by atoms with van der Waals surface area (Å²) in [6.45, 7) is 3.01. The maximum absolute atomic E-state index is 12.3. The fraction of sp³-hybridized carbons (Fsp3) is 0.250. The maximum Gasteiger partial charge on any atom is 0.340 e. The third-order valence-electron chi connectivity index (χ3n) is 3.43. The fourth-order valence-corrected chi connectivity index (χ4v) is 2.26. The van der Waals surface area contributed by atoms with E-state index in [4.69, 9.17) is 4.74 Å². The first-order chi connectivity index (χ1) is 13.0. The van der Waals surface area contributed by atoms with Crippen molar-refractivity contribution >= 4 is 29.2 Å². The van der Waals surface area contributed by atoms with Crippen LogP contribution in [0.4, 0.5) is 11.4 Å². The summed E-state index contributed by atoms with van der Waals surface area (Å²) in [7, 11) is 0. The first-order valence-corrected chi connectivity index (χ1v) is 8.60. The highest BCUT2D eigenvalue weighted by Crippen LogP contribution is 2.21. The Morgan fingerprint density at radius 2 is 1.59 bits per heavy atom. The molecule has 2 rings (SSSR count). The fourth-order valence-electron chi connectivity index (χ4n) is 2.26. The predicted octanol–water partition coefficient (Wildman–Crippen LogP) is 2.23. The highest BCUT2D eigenvalue weighted by atomic mass is 16.5. The lowest BCUT2D eigenvalue weighted by Gasteiger charge is -2.12. The van der Waals surface area contributed by atoms with Gasteiger partial charge in [-0.3, -0.25) is 9.59 Å². The third kappa shape index (κ3) is 6.81. The summed E-state index contributed by atoms with van der Waals surface area (Å²) in [6, 6.07) is 16.3. The van der Waals surface area contributed by atoms with Gasteiger partial charge in [0.05, 0.1) is 17.8 Å². The Hall–Kier alpha value is -3.35. The quantitative estimate of drug-likeness (QED) is 0.620. The number of rotatable bonds is 8. The number of esters is 1. The van der Waals surface area contributed by atoms with E-state index in [1.54, 1.807) is 24.3 Å². The van der Waals surface area contributed by atoms with E-state index < -0.39 is 18.5 Å². The summed E-state index contributed by atoms with van der Waals surface area (Å²) in [4.78, 5) is 35.6. The number of para-hydroxylation sites is 2. The molecule has 0 bridgehead atoms. The minimum atomic E-state index is -0.629. The van der Waals surface area contributed by atoms with Crippen LogP contribution in [0.2, 0.25) is 0 Å². The highest BCUT2D eigenvalue weighted by molar-refractivity contribution is 5.97. The molecule has 0 atom stereocenters. The summed E-state index contributed by atoms with van der Waals surface area (Å²) in [6.07, 6.45) is 0. The van der Waals surface area contributed by atoms with Crippen molar-refractivity contribution in [3.05, 3.63) is 60.2 Å². The number of ether oxygens (including phenoxy) is 1. The molecule has 0 unspecified atom stereocenters. The Kier molecular flexibility index (Phi) is 7.37. The van der Waals surface area contributed by atoms with E-state index in [2.05, 4.69) is 16.0 Å². The number of benzene rings is 2. The monoisotopic (exact) mass is 369 g/mol. The highest BCUT2D eigenvalue weighted by Gasteiger charge is 2.15. The van der Waals surface area contributed by atoms with Gasteiger partial charge in [0.1, 0.15) is 0 Å². The lowest BCUT2D eigenvalue weighted by atomic mass is 10.1. The Bertz CT molecular complexity index is 791. The minimum absolute atomic E-state index is 0.0131. The van der Waals surface area contributed by atoms with Crippen molar-refractivity contribution in [1.29, 1.82) is 0 Å². The summed E-state index contributed by atoms with van der Waals surface area (Å²) < 4.78 is 5.06. The average Bonchev–Trinajstić information content (AvgIpc) is 2.65. The second-order valence-corrected chi connectivity index (χ2v) is 6.11. The number of carbonyl (C=O) groups excluding carboxylic acids is 3. The van der Waals surface area contributed by atoms with Crippen molar-refractivity contribution in [2.75, 3.05) is 18.5 Å². The molecule has 0 aromatic heterocycles. The topological polar surface area (TPSA) is 96.5 Å². The van der Waals surface area contributed by atoms with Crippen LogP contribution in [0.3, 0.4) is 0 Å². The van der Waals surface area contributed by atoms with E-state index in [1.807, 2.05) is 44.2 Å². The molecule has 7 heteroatoms. The standard InChI is InChI=1S/C20H23N3O4/c1-14(2)22-18(24)12-21-19(25)13-27-20(26)16-10-6-7-11-17(16)23-15-8-4-3-5-9-15/h3-11,14,23H,12-13H2,1-2H3,(H,21,25)(H,22,24).